The van der Waals surface area contributed by atoms with Crippen molar-refractivity contribution in [2.24, 2.45) is 11.8 Å². The first-order chi connectivity index (χ1) is 7.75. The molecular formula is C12H14ClNOS. The Labute approximate surface area is 105 Å². The Hall–Kier alpha value is -0.410. The SMILES string of the molecule is [O-][n+]1ccccc1S[C@@H]1[C@@H]2CC[C@@H](C2)[C@H]1Cl. The quantitative estimate of drug-likeness (QED) is 0.462. The van der Waals surface area contributed by atoms with Crippen molar-refractivity contribution in [3.63, 3.8) is 0 Å². The van der Waals surface area contributed by atoms with Crippen LogP contribution in [0.15, 0.2) is 29.4 Å². The van der Waals surface area contributed by atoms with Gasteiger partial charge in [0.1, 0.15) is 0 Å². The molecule has 2 aliphatic rings. The number of hydrogen-bond acceptors (Lipinski definition) is 2. The van der Waals surface area contributed by atoms with Crippen LogP contribution in [0.1, 0.15) is 19.3 Å². The lowest BCUT2D eigenvalue weighted by atomic mass is 10.00. The fourth-order valence-corrected chi connectivity index (χ4v) is 4.95. The molecule has 2 fully saturated rings. The number of alkyl halides is 1. The third kappa shape index (κ3) is 1.70. The summed E-state index contributed by atoms with van der Waals surface area (Å²) < 4.78 is 0.945. The zero-order valence-corrected chi connectivity index (χ0v) is 10.5. The Morgan fingerprint density at radius 3 is 2.81 bits per heavy atom. The first-order valence-corrected chi connectivity index (χ1v) is 7.06. The number of hydrogen-bond donors (Lipinski definition) is 0. The third-order valence-corrected chi connectivity index (χ3v) is 6.07. The first kappa shape index (κ1) is 10.7. The zero-order chi connectivity index (χ0) is 11.1. The summed E-state index contributed by atoms with van der Waals surface area (Å²) >= 11 is 8.11. The van der Waals surface area contributed by atoms with Crippen LogP contribution in [-0.4, -0.2) is 10.6 Å². The maximum Gasteiger partial charge on any atom is 0.251 e. The molecule has 4 heteroatoms. The molecule has 0 aromatic carbocycles. The molecule has 86 valence electrons. The van der Waals surface area contributed by atoms with Gasteiger partial charge >= 0.3 is 0 Å². The van der Waals surface area contributed by atoms with Crippen LogP contribution >= 0.6 is 23.4 Å². The predicted octanol–water partition coefficient (Wildman–Crippen LogP) is 2.82. The Morgan fingerprint density at radius 1 is 1.31 bits per heavy atom. The van der Waals surface area contributed by atoms with E-state index < -0.39 is 0 Å². The van der Waals surface area contributed by atoms with Gasteiger partial charge in [-0.1, -0.05) is 11.8 Å². The third-order valence-electron chi connectivity index (χ3n) is 3.79. The van der Waals surface area contributed by atoms with E-state index in [2.05, 4.69) is 0 Å². The van der Waals surface area contributed by atoms with E-state index in [0.29, 0.717) is 11.2 Å². The largest absolute Gasteiger partial charge is 0.618 e. The fourth-order valence-electron chi connectivity index (χ4n) is 2.97. The minimum absolute atomic E-state index is 0.254. The van der Waals surface area contributed by atoms with Crippen molar-refractivity contribution in [3.8, 4) is 0 Å². The van der Waals surface area contributed by atoms with Crippen molar-refractivity contribution >= 4 is 23.4 Å². The molecule has 0 aliphatic heterocycles. The Balaban J connectivity index is 1.78. The van der Waals surface area contributed by atoms with E-state index in [9.17, 15) is 5.21 Å². The molecule has 2 aliphatic carbocycles. The highest BCUT2D eigenvalue weighted by Gasteiger charge is 2.47. The van der Waals surface area contributed by atoms with E-state index in [1.54, 1.807) is 24.0 Å². The Morgan fingerprint density at radius 2 is 2.12 bits per heavy atom. The van der Waals surface area contributed by atoms with Gasteiger partial charge in [-0.15, -0.1) is 11.6 Å². The molecule has 1 aromatic rings. The van der Waals surface area contributed by atoms with Gasteiger partial charge in [0, 0.05) is 22.8 Å². The summed E-state index contributed by atoms with van der Waals surface area (Å²) in [6.07, 6.45) is 5.38. The van der Waals surface area contributed by atoms with E-state index in [0.717, 1.165) is 15.7 Å². The molecule has 0 spiro atoms. The average Bonchev–Trinajstić information content (AvgIpc) is 2.85. The molecule has 2 saturated carbocycles. The van der Waals surface area contributed by atoms with E-state index in [4.69, 9.17) is 11.6 Å². The second-order valence-electron chi connectivity index (χ2n) is 4.72. The van der Waals surface area contributed by atoms with Crippen molar-refractivity contribution in [2.75, 3.05) is 0 Å². The van der Waals surface area contributed by atoms with Gasteiger partial charge in [-0.3, -0.25) is 0 Å². The van der Waals surface area contributed by atoms with Crippen LogP contribution < -0.4 is 4.73 Å². The number of pyridine rings is 1. The molecule has 3 rings (SSSR count). The second kappa shape index (κ2) is 4.11. The molecule has 2 nitrogen and oxygen atoms in total. The molecule has 2 bridgehead atoms. The smallest absolute Gasteiger partial charge is 0.251 e. The van der Waals surface area contributed by atoms with Gasteiger partial charge in [0.25, 0.3) is 5.03 Å². The number of halogens is 1. The molecule has 0 radical (unpaired) electrons. The normalized spacial score (nSPS) is 36.8. The predicted molar refractivity (Wildman–Crippen MR) is 65.5 cm³/mol. The van der Waals surface area contributed by atoms with E-state index in [-0.39, 0.29) is 5.38 Å². The molecule has 0 N–H and O–H groups in total. The Bertz CT molecular complexity index is 398. The van der Waals surface area contributed by atoms with E-state index in [1.807, 2.05) is 12.1 Å². The lowest BCUT2D eigenvalue weighted by Crippen LogP contribution is -2.32. The van der Waals surface area contributed by atoms with E-state index >= 15 is 0 Å². The lowest BCUT2D eigenvalue weighted by Gasteiger charge is -2.24. The maximum absolute atomic E-state index is 11.6. The van der Waals surface area contributed by atoms with E-state index in [1.165, 1.54) is 19.3 Å². The standard InChI is InChI=1S/C12H14ClNOS/c13-11-8-4-5-9(7-8)12(11)16-10-3-1-2-6-14(10)15/h1-3,6,8-9,11-12H,4-5,7H2/t8-,9+,11+,12+/m0/s1. The fraction of sp³-hybridized carbons (Fsp3) is 0.583. The summed E-state index contributed by atoms with van der Waals surface area (Å²) in [5, 5.41) is 13.0. The molecule has 0 saturated heterocycles. The number of aromatic nitrogens is 1. The molecule has 1 heterocycles. The minimum atomic E-state index is 0.254. The molecule has 16 heavy (non-hydrogen) atoms. The van der Waals surface area contributed by atoms with Crippen molar-refractivity contribution in [2.45, 2.75) is 34.9 Å². The van der Waals surface area contributed by atoms with Gasteiger partial charge in [0.2, 0.25) is 0 Å². The summed E-state index contributed by atoms with van der Waals surface area (Å²) in [5.74, 6) is 1.41. The van der Waals surface area contributed by atoms with Gasteiger partial charge in [-0.2, -0.15) is 4.73 Å². The highest BCUT2D eigenvalue weighted by atomic mass is 35.5. The van der Waals surface area contributed by atoms with Crippen LogP contribution in [-0.2, 0) is 0 Å². The highest BCUT2D eigenvalue weighted by Crippen LogP contribution is 2.52. The summed E-state index contributed by atoms with van der Waals surface area (Å²) in [7, 11) is 0. The molecule has 1 aromatic heterocycles. The van der Waals surface area contributed by atoms with Gasteiger partial charge < -0.3 is 5.21 Å². The van der Waals surface area contributed by atoms with Crippen molar-refractivity contribution in [3.05, 3.63) is 29.6 Å². The molecule has 0 amide bonds. The van der Waals surface area contributed by atoms with Crippen LogP contribution in [0.2, 0.25) is 0 Å². The van der Waals surface area contributed by atoms with Gasteiger partial charge in [-0.05, 0) is 37.2 Å². The molecule has 0 unspecified atom stereocenters. The van der Waals surface area contributed by atoms with Gasteiger partial charge in [-0.25, -0.2) is 0 Å². The molecular weight excluding hydrogens is 242 g/mol. The first-order valence-electron chi connectivity index (χ1n) is 5.74. The number of fused-ring (bicyclic) bond motifs is 2. The summed E-state index contributed by atoms with van der Waals surface area (Å²) in [6, 6.07) is 5.55. The maximum atomic E-state index is 11.6. The number of rotatable bonds is 2. The number of thioether (sulfide) groups is 1. The summed E-state index contributed by atoms with van der Waals surface area (Å²) in [6.45, 7) is 0. The highest BCUT2D eigenvalue weighted by molar-refractivity contribution is 7.99. The Kier molecular flexibility index (Phi) is 2.76. The van der Waals surface area contributed by atoms with Crippen molar-refractivity contribution < 1.29 is 4.73 Å². The average molecular weight is 256 g/mol. The van der Waals surface area contributed by atoms with Crippen LogP contribution in [0.3, 0.4) is 0 Å². The lowest BCUT2D eigenvalue weighted by molar-refractivity contribution is -0.645. The van der Waals surface area contributed by atoms with Crippen LogP contribution in [0.25, 0.3) is 0 Å². The van der Waals surface area contributed by atoms with Crippen molar-refractivity contribution in [1.82, 2.24) is 0 Å². The van der Waals surface area contributed by atoms with Crippen LogP contribution in [0, 0.1) is 17.0 Å². The van der Waals surface area contributed by atoms with Crippen molar-refractivity contribution in [1.29, 1.82) is 0 Å². The minimum Gasteiger partial charge on any atom is -0.618 e. The summed E-state index contributed by atoms with van der Waals surface area (Å²) in [4.78, 5) is 0. The molecule has 4 atom stereocenters. The zero-order valence-electron chi connectivity index (χ0n) is 8.88. The second-order valence-corrected chi connectivity index (χ2v) is 6.43. The van der Waals surface area contributed by atoms with Crippen LogP contribution in [0.4, 0.5) is 0 Å². The summed E-state index contributed by atoms with van der Waals surface area (Å²) in [5.41, 5.74) is 0. The monoisotopic (exact) mass is 255 g/mol. The van der Waals surface area contributed by atoms with Gasteiger partial charge in [0.15, 0.2) is 6.20 Å². The topological polar surface area (TPSA) is 26.9 Å². The number of nitrogens with zero attached hydrogens (tertiary/aromatic N) is 1. The van der Waals surface area contributed by atoms with Gasteiger partial charge in [0.05, 0.1) is 0 Å². The van der Waals surface area contributed by atoms with Crippen LogP contribution in [0.5, 0.6) is 0 Å².